The second-order valence-corrected chi connectivity index (χ2v) is 10.4. The van der Waals surface area contributed by atoms with Crippen LogP contribution >= 0.6 is 11.6 Å². The van der Waals surface area contributed by atoms with E-state index in [1.807, 2.05) is 6.92 Å². The maximum atomic E-state index is 13.1. The maximum Gasteiger partial charge on any atom is 0.265 e. The molecule has 0 radical (unpaired) electrons. The van der Waals surface area contributed by atoms with Crippen molar-refractivity contribution in [3.05, 3.63) is 52.5 Å². The summed E-state index contributed by atoms with van der Waals surface area (Å²) in [6, 6.07) is 9.52. The minimum atomic E-state index is -4.01. The number of anilines is 1. The zero-order valence-electron chi connectivity index (χ0n) is 17.9. The van der Waals surface area contributed by atoms with Crippen LogP contribution in [0.3, 0.4) is 0 Å². The highest BCUT2D eigenvalue weighted by molar-refractivity contribution is 7.92. The standard InChI is InChI=1S/C23H25ClN2O5S/c1-14-7-9-16(12-19(14)24)25-32(29,30)21-11-15(8-10-20(21)31-2)13-26-22(27)17-5-3-4-6-18(17)23(26)28/h7-12,17-18,25H,3-6,13H2,1-2H3/t17-,18-/m1/s1. The SMILES string of the molecule is COc1ccc(CN2C(=O)[C@@H]3CCCC[C@H]3C2=O)cc1S(=O)(=O)Nc1ccc(C)c(Cl)c1. The fourth-order valence-corrected chi connectivity index (χ4v) is 5.92. The summed E-state index contributed by atoms with van der Waals surface area (Å²) in [5, 5.41) is 0.443. The third-order valence-electron chi connectivity index (χ3n) is 6.21. The lowest BCUT2D eigenvalue weighted by atomic mass is 9.81. The number of likely N-dealkylation sites (tertiary alicyclic amines) is 1. The third-order valence-corrected chi connectivity index (χ3v) is 8.02. The quantitative estimate of drug-likeness (QED) is 0.632. The number of rotatable bonds is 6. The predicted molar refractivity (Wildman–Crippen MR) is 121 cm³/mol. The van der Waals surface area contributed by atoms with Crippen molar-refractivity contribution in [2.75, 3.05) is 11.8 Å². The molecule has 9 heteroatoms. The van der Waals surface area contributed by atoms with E-state index >= 15 is 0 Å². The Bertz CT molecular complexity index is 1160. The summed E-state index contributed by atoms with van der Waals surface area (Å²) >= 11 is 6.12. The van der Waals surface area contributed by atoms with Gasteiger partial charge >= 0.3 is 0 Å². The van der Waals surface area contributed by atoms with E-state index < -0.39 is 10.0 Å². The van der Waals surface area contributed by atoms with Crippen LogP contribution in [0, 0.1) is 18.8 Å². The molecule has 0 aromatic heterocycles. The first-order chi connectivity index (χ1) is 15.2. The molecule has 0 unspecified atom stereocenters. The van der Waals surface area contributed by atoms with Gasteiger partial charge in [0.05, 0.1) is 31.2 Å². The van der Waals surface area contributed by atoms with Crippen molar-refractivity contribution < 1.29 is 22.7 Å². The second-order valence-electron chi connectivity index (χ2n) is 8.31. The van der Waals surface area contributed by atoms with Crippen molar-refractivity contribution >= 4 is 39.1 Å². The predicted octanol–water partition coefficient (Wildman–Crippen LogP) is 4.13. The Morgan fingerprint density at radius 1 is 1.06 bits per heavy atom. The van der Waals surface area contributed by atoms with E-state index in [4.69, 9.17) is 16.3 Å². The van der Waals surface area contributed by atoms with Crippen LogP contribution in [-0.4, -0.2) is 32.2 Å². The van der Waals surface area contributed by atoms with Crippen molar-refractivity contribution in [1.29, 1.82) is 0 Å². The summed E-state index contributed by atoms with van der Waals surface area (Å²) in [7, 11) is -2.63. The molecule has 7 nitrogen and oxygen atoms in total. The lowest BCUT2D eigenvalue weighted by Crippen LogP contribution is -2.30. The molecule has 1 saturated carbocycles. The summed E-state index contributed by atoms with van der Waals surface area (Å²) in [6.45, 7) is 1.86. The van der Waals surface area contributed by atoms with E-state index in [2.05, 4.69) is 4.72 Å². The number of imide groups is 1. The Morgan fingerprint density at radius 3 is 2.31 bits per heavy atom. The monoisotopic (exact) mass is 476 g/mol. The van der Waals surface area contributed by atoms with Gasteiger partial charge in [0.25, 0.3) is 10.0 Å². The molecule has 2 fully saturated rings. The molecule has 2 atom stereocenters. The zero-order valence-corrected chi connectivity index (χ0v) is 19.5. The van der Waals surface area contributed by atoms with Gasteiger partial charge in [0.15, 0.2) is 0 Å². The van der Waals surface area contributed by atoms with E-state index in [-0.39, 0.29) is 40.8 Å². The topological polar surface area (TPSA) is 92.8 Å². The first-order valence-corrected chi connectivity index (χ1v) is 12.4. The van der Waals surface area contributed by atoms with Gasteiger partial charge in [-0.25, -0.2) is 8.42 Å². The average Bonchev–Trinajstić information content (AvgIpc) is 3.01. The number of carbonyl (C=O) groups is 2. The second kappa shape index (κ2) is 8.75. The molecule has 0 spiro atoms. The lowest BCUT2D eigenvalue weighted by molar-refractivity contribution is -0.140. The van der Waals surface area contributed by atoms with Crippen molar-refractivity contribution in [1.82, 2.24) is 4.90 Å². The highest BCUT2D eigenvalue weighted by Gasteiger charge is 2.47. The summed E-state index contributed by atoms with van der Waals surface area (Å²) in [4.78, 5) is 26.8. The van der Waals surface area contributed by atoms with Gasteiger partial charge in [-0.15, -0.1) is 0 Å². The first-order valence-electron chi connectivity index (χ1n) is 10.5. The summed E-state index contributed by atoms with van der Waals surface area (Å²) < 4.78 is 34.0. The number of benzene rings is 2. The Hall–Kier alpha value is -2.58. The van der Waals surface area contributed by atoms with E-state index in [1.54, 1.807) is 18.2 Å². The number of methoxy groups -OCH3 is 1. The van der Waals surface area contributed by atoms with Crippen molar-refractivity contribution in [3.63, 3.8) is 0 Å². The summed E-state index contributed by atoms with van der Waals surface area (Å²) in [6.07, 6.45) is 3.37. The van der Waals surface area contributed by atoms with Gasteiger partial charge in [0.2, 0.25) is 11.8 Å². The number of ether oxygens (including phenoxy) is 1. The van der Waals surface area contributed by atoms with Gasteiger partial charge in [-0.2, -0.15) is 0 Å². The van der Waals surface area contributed by atoms with Crippen molar-refractivity contribution in [2.45, 2.75) is 44.0 Å². The van der Waals surface area contributed by atoms with E-state index in [9.17, 15) is 18.0 Å². The highest BCUT2D eigenvalue weighted by Crippen LogP contribution is 2.39. The minimum absolute atomic E-state index is 0.0353. The van der Waals surface area contributed by atoms with E-state index in [1.165, 1.54) is 30.2 Å². The smallest absolute Gasteiger partial charge is 0.265 e. The maximum absolute atomic E-state index is 13.1. The van der Waals surface area contributed by atoms with Crippen molar-refractivity contribution in [2.24, 2.45) is 11.8 Å². The van der Waals surface area contributed by atoms with E-state index in [0.29, 0.717) is 16.3 Å². The number of nitrogens with zero attached hydrogens (tertiary/aromatic N) is 1. The number of carbonyl (C=O) groups excluding carboxylic acids is 2. The van der Waals surface area contributed by atoms with Gasteiger partial charge in [-0.05, 0) is 55.2 Å². The molecule has 2 aromatic carbocycles. The Morgan fingerprint density at radius 2 is 1.72 bits per heavy atom. The minimum Gasteiger partial charge on any atom is -0.495 e. The molecule has 2 aliphatic rings. The molecule has 32 heavy (non-hydrogen) atoms. The number of fused-ring (bicyclic) bond motifs is 1. The molecule has 1 aliphatic carbocycles. The number of nitrogens with one attached hydrogen (secondary N) is 1. The number of sulfonamides is 1. The highest BCUT2D eigenvalue weighted by atomic mass is 35.5. The Balaban J connectivity index is 1.62. The fourth-order valence-electron chi connectivity index (χ4n) is 4.47. The van der Waals surface area contributed by atoms with Crippen LogP contribution in [0.4, 0.5) is 5.69 Å². The molecule has 1 aliphatic heterocycles. The largest absolute Gasteiger partial charge is 0.495 e. The van der Waals surface area contributed by atoms with Crippen LogP contribution < -0.4 is 9.46 Å². The number of halogens is 1. The normalized spacial score (nSPS) is 20.9. The van der Waals surface area contributed by atoms with Crippen molar-refractivity contribution in [3.8, 4) is 5.75 Å². The van der Waals surface area contributed by atoms with Crippen LogP contribution in [-0.2, 0) is 26.2 Å². The molecule has 2 amide bonds. The molecule has 2 aromatic rings. The van der Waals surface area contributed by atoms with Gasteiger partial charge in [-0.3, -0.25) is 19.2 Å². The Kier molecular flexibility index (Phi) is 6.18. The zero-order chi connectivity index (χ0) is 23.0. The van der Waals surface area contributed by atoms with Crippen LogP contribution in [0.1, 0.15) is 36.8 Å². The first kappa shape index (κ1) is 22.6. The number of amides is 2. The number of hydrogen-bond donors (Lipinski definition) is 1. The van der Waals surface area contributed by atoms with Gasteiger partial charge in [0, 0.05) is 5.02 Å². The third kappa shape index (κ3) is 4.21. The van der Waals surface area contributed by atoms with Gasteiger partial charge < -0.3 is 4.74 Å². The molecule has 1 saturated heterocycles. The molecule has 0 bridgehead atoms. The number of hydrogen-bond acceptors (Lipinski definition) is 5. The van der Waals surface area contributed by atoms with Crippen LogP contribution in [0.25, 0.3) is 0 Å². The van der Waals surface area contributed by atoms with Crippen LogP contribution in [0.15, 0.2) is 41.3 Å². The lowest BCUT2D eigenvalue weighted by Gasteiger charge is -2.19. The molecular weight excluding hydrogens is 452 g/mol. The molecular formula is C23H25ClN2O5S. The van der Waals surface area contributed by atoms with Crippen LogP contribution in [0.5, 0.6) is 5.75 Å². The van der Waals surface area contributed by atoms with Crippen LogP contribution in [0.2, 0.25) is 5.02 Å². The van der Waals surface area contributed by atoms with E-state index in [0.717, 1.165) is 31.2 Å². The fraction of sp³-hybridized carbons (Fsp3) is 0.391. The summed E-state index contributed by atoms with van der Waals surface area (Å²) in [5.74, 6) is -0.650. The van der Waals surface area contributed by atoms with Gasteiger partial charge in [-0.1, -0.05) is 36.6 Å². The molecule has 4 rings (SSSR count). The number of aryl methyl sites for hydroxylation is 1. The van der Waals surface area contributed by atoms with Gasteiger partial charge in [0.1, 0.15) is 10.6 Å². The molecule has 1 N–H and O–H groups in total. The Labute approximate surface area is 192 Å². The molecule has 170 valence electrons. The molecule has 1 heterocycles. The average molecular weight is 477 g/mol. The summed E-state index contributed by atoms with van der Waals surface area (Å²) in [5.41, 5.74) is 1.69.